The van der Waals surface area contributed by atoms with Crippen LogP contribution in [0.3, 0.4) is 0 Å². The highest BCUT2D eigenvalue weighted by atomic mass is 16.2. The van der Waals surface area contributed by atoms with Gasteiger partial charge in [-0.15, -0.1) is 0 Å². The van der Waals surface area contributed by atoms with Gasteiger partial charge in [-0.05, 0) is 31.4 Å². The summed E-state index contributed by atoms with van der Waals surface area (Å²) in [6.07, 6.45) is 6.56. The van der Waals surface area contributed by atoms with E-state index in [9.17, 15) is 4.79 Å². The van der Waals surface area contributed by atoms with Gasteiger partial charge in [0.15, 0.2) is 0 Å². The molecule has 1 aromatic heterocycles. The second-order valence-electron chi connectivity index (χ2n) is 5.71. The smallest absolute Gasteiger partial charge is 0.237 e. The van der Waals surface area contributed by atoms with E-state index in [1.54, 1.807) is 0 Å². The summed E-state index contributed by atoms with van der Waals surface area (Å²) in [6.45, 7) is 3.95. The van der Waals surface area contributed by atoms with E-state index in [0.29, 0.717) is 0 Å². The van der Waals surface area contributed by atoms with Crippen LogP contribution in [0.5, 0.6) is 0 Å². The van der Waals surface area contributed by atoms with Crippen molar-refractivity contribution in [3.05, 3.63) is 24.4 Å². The lowest BCUT2D eigenvalue weighted by Crippen LogP contribution is -2.49. The zero-order valence-corrected chi connectivity index (χ0v) is 12.8. The van der Waals surface area contributed by atoms with Crippen LogP contribution in [0.2, 0.25) is 0 Å². The van der Waals surface area contributed by atoms with Crippen LogP contribution in [0.4, 0.5) is 5.82 Å². The number of rotatable bonds is 6. The number of carbonyl (C=O) groups excluding carboxylic acids is 1. The lowest BCUT2D eigenvalue weighted by molar-refractivity contribution is -0.123. The Morgan fingerprint density at radius 1 is 1.48 bits per heavy atom. The minimum absolute atomic E-state index is 0.000244. The highest BCUT2D eigenvalue weighted by molar-refractivity contribution is 5.81. The van der Waals surface area contributed by atoms with Gasteiger partial charge in [0.25, 0.3) is 0 Å². The predicted octanol–water partition coefficient (Wildman–Crippen LogP) is 1.68. The average molecular weight is 290 g/mol. The van der Waals surface area contributed by atoms with E-state index in [4.69, 9.17) is 5.73 Å². The second-order valence-corrected chi connectivity index (χ2v) is 5.71. The van der Waals surface area contributed by atoms with E-state index in [0.717, 1.165) is 51.0 Å². The van der Waals surface area contributed by atoms with Gasteiger partial charge in [-0.1, -0.05) is 25.8 Å². The van der Waals surface area contributed by atoms with Crippen LogP contribution in [0.25, 0.3) is 0 Å². The third-order valence-corrected chi connectivity index (χ3v) is 4.02. The lowest BCUT2D eigenvalue weighted by Gasteiger charge is -2.33. The molecule has 1 aliphatic rings. The summed E-state index contributed by atoms with van der Waals surface area (Å²) < 4.78 is 0. The van der Waals surface area contributed by atoms with Crippen LogP contribution >= 0.6 is 0 Å². The van der Waals surface area contributed by atoms with Crippen molar-refractivity contribution >= 4 is 11.7 Å². The van der Waals surface area contributed by atoms with Crippen LogP contribution in [0, 0.1) is 0 Å². The molecule has 21 heavy (non-hydrogen) atoms. The molecule has 0 saturated carbocycles. The fraction of sp³-hybridized carbons (Fsp3) is 0.625. The van der Waals surface area contributed by atoms with Crippen molar-refractivity contribution < 1.29 is 4.79 Å². The fourth-order valence-electron chi connectivity index (χ4n) is 2.66. The number of nitrogens with two attached hydrogens (primary N) is 1. The molecule has 0 spiro atoms. The number of aromatic nitrogens is 1. The molecule has 0 bridgehead atoms. The first-order valence-corrected chi connectivity index (χ1v) is 7.92. The second kappa shape index (κ2) is 7.98. The number of nitrogens with zero attached hydrogens (tertiary/aromatic N) is 2. The fourth-order valence-corrected chi connectivity index (χ4v) is 2.66. The van der Waals surface area contributed by atoms with E-state index in [1.807, 2.05) is 24.4 Å². The van der Waals surface area contributed by atoms with Gasteiger partial charge >= 0.3 is 0 Å². The largest absolute Gasteiger partial charge is 0.356 e. The van der Waals surface area contributed by atoms with Gasteiger partial charge in [-0.2, -0.15) is 0 Å². The zero-order valence-electron chi connectivity index (χ0n) is 12.8. The molecule has 1 fully saturated rings. The van der Waals surface area contributed by atoms with Gasteiger partial charge < -0.3 is 16.0 Å². The van der Waals surface area contributed by atoms with Gasteiger partial charge in [-0.3, -0.25) is 4.79 Å². The maximum Gasteiger partial charge on any atom is 0.237 e. The number of hydrogen-bond donors (Lipinski definition) is 2. The molecule has 1 amide bonds. The summed E-state index contributed by atoms with van der Waals surface area (Å²) in [5.74, 6) is 1.02. The molecule has 116 valence electrons. The number of amides is 1. The van der Waals surface area contributed by atoms with Crippen molar-refractivity contribution in [1.29, 1.82) is 0 Å². The highest BCUT2D eigenvalue weighted by Crippen LogP contribution is 2.17. The van der Waals surface area contributed by atoms with E-state index in [1.165, 1.54) is 0 Å². The molecule has 0 aliphatic carbocycles. The SMILES string of the molecule is CCCCC(N)C(=O)NC1CCN(c2ccccn2)CC1. The molecule has 1 atom stereocenters. The predicted molar refractivity (Wildman–Crippen MR) is 85.1 cm³/mol. The number of anilines is 1. The lowest BCUT2D eigenvalue weighted by atomic mass is 10.0. The molecule has 5 heteroatoms. The van der Waals surface area contributed by atoms with Crippen molar-refractivity contribution in [3.63, 3.8) is 0 Å². The minimum Gasteiger partial charge on any atom is -0.356 e. The molecule has 0 radical (unpaired) electrons. The number of piperidine rings is 1. The molecule has 1 saturated heterocycles. The average Bonchev–Trinajstić information content (AvgIpc) is 2.54. The minimum atomic E-state index is -0.362. The molecular formula is C16H26N4O. The molecule has 1 unspecified atom stereocenters. The summed E-state index contributed by atoms with van der Waals surface area (Å²) in [4.78, 5) is 18.6. The first-order chi connectivity index (χ1) is 10.2. The third-order valence-electron chi connectivity index (χ3n) is 4.02. The Bertz CT molecular complexity index is 429. The van der Waals surface area contributed by atoms with Crippen LogP contribution in [0.1, 0.15) is 39.0 Å². The van der Waals surface area contributed by atoms with Crippen LogP contribution in [0.15, 0.2) is 24.4 Å². The Labute approximate surface area is 126 Å². The number of nitrogens with one attached hydrogen (secondary N) is 1. The van der Waals surface area contributed by atoms with Gasteiger partial charge in [-0.25, -0.2) is 4.98 Å². The molecular weight excluding hydrogens is 264 g/mol. The van der Waals surface area contributed by atoms with Crippen molar-refractivity contribution in [2.24, 2.45) is 5.73 Å². The Morgan fingerprint density at radius 2 is 2.24 bits per heavy atom. The number of unbranched alkanes of at least 4 members (excludes halogenated alkanes) is 1. The first-order valence-electron chi connectivity index (χ1n) is 7.92. The maximum atomic E-state index is 12.0. The monoisotopic (exact) mass is 290 g/mol. The molecule has 5 nitrogen and oxygen atoms in total. The van der Waals surface area contributed by atoms with Gasteiger partial charge in [0.2, 0.25) is 5.91 Å². The molecule has 2 rings (SSSR count). The molecule has 1 aromatic rings. The van der Waals surface area contributed by atoms with Gasteiger partial charge in [0, 0.05) is 25.3 Å². The summed E-state index contributed by atoms with van der Waals surface area (Å²) in [6, 6.07) is 5.83. The quantitative estimate of drug-likeness (QED) is 0.836. The topological polar surface area (TPSA) is 71.2 Å². The highest BCUT2D eigenvalue weighted by Gasteiger charge is 2.23. The Morgan fingerprint density at radius 3 is 2.86 bits per heavy atom. The van der Waals surface area contributed by atoms with Crippen molar-refractivity contribution in [1.82, 2.24) is 10.3 Å². The number of carbonyl (C=O) groups is 1. The van der Waals surface area contributed by atoms with Gasteiger partial charge in [0.05, 0.1) is 6.04 Å². The third kappa shape index (κ3) is 4.70. The molecule has 3 N–H and O–H groups in total. The van der Waals surface area contributed by atoms with Crippen molar-refractivity contribution in [2.75, 3.05) is 18.0 Å². The summed E-state index contributed by atoms with van der Waals surface area (Å²) in [5.41, 5.74) is 5.91. The van der Waals surface area contributed by atoms with Crippen molar-refractivity contribution in [2.45, 2.75) is 51.1 Å². The Hall–Kier alpha value is -1.62. The van der Waals surface area contributed by atoms with Crippen molar-refractivity contribution in [3.8, 4) is 0 Å². The zero-order chi connectivity index (χ0) is 15.1. The Kier molecular flexibility index (Phi) is 5.99. The Balaban J connectivity index is 1.75. The van der Waals surface area contributed by atoms with E-state index in [-0.39, 0.29) is 18.0 Å². The summed E-state index contributed by atoms with van der Waals surface area (Å²) >= 11 is 0. The van der Waals surface area contributed by atoms with E-state index < -0.39 is 0 Å². The molecule has 2 heterocycles. The molecule has 0 aromatic carbocycles. The standard InChI is InChI=1S/C16H26N4O/c1-2-3-6-14(17)16(21)19-13-8-11-20(12-9-13)15-7-4-5-10-18-15/h4-5,7,10,13-14H,2-3,6,8-9,11-12,17H2,1H3,(H,19,21). The summed E-state index contributed by atoms with van der Waals surface area (Å²) in [7, 11) is 0. The van der Waals surface area contributed by atoms with Crippen LogP contribution in [-0.2, 0) is 4.79 Å². The molecule has 1 aliphatic heterocycles. The maximum absolute atomic E-state index is 12.0. The summed E-state index contributed by atoms with van der Waals surface area (Å²) in [5, 5.41) is 3.09. The number of hydrogen-bond acceptors (Lipinski definition) is 4. The van der Waals surface area contributed by atoms with E-state index >= 15 is 0 Å². The van der Waals surface area contributed by atoms with E-state index in [2.05, 4.69) is 22.1 Å². The van der Waals surface area contributed by atoms with Crippen LogP contribution < -0.4 is 16.0 Å². The van der Waals surface area contributed by atoms with Crippen LogP contribution in [-0.4, -0.2) is 36.1 Å². The normalized spacial score (nSPS) is 17.5. The number of pyridine rings is 1. The van der Waals surface area contributed by atoms with Gasteiger partial charge in [0.1, 0.15) is 5.82 Å². The first kappa shape index (κ1) is 15.8.